The minimum atomic E-state index is -1.07. The first-order chi connectivity index (χ1) is 6.27. The van der Waals surface area contributed by atoms with Gasteiger partial charge in [0, 0.05) is 6.20 Å². The quantitative estimate of drug-likeness (QED) is 0.659. The largest absolute Gasteiger partial charge is 0.476 e. The van der Waals surface area contributed by atoms with E-state index in [1.165, 1.54) is 23.4 Å². The molecule has 0 aliphatic carbocycles. The van der Waals surface area contributed by atoms with Gasteiger partial charge in [0.1, 0.15) is 12.7 Å². The molecule has 7 heteroatoms. The highest BCUT2D eigenvalue weighted by Gasteiger charge is 2.07. The minimum absolute atomic E-state index is 0.0311. The van der Waals surface area contributed by atoms with E-state index in [4.69, 9.17) is 5.11 Å². The molecule has 2 heterocycles. The molecular formula is C6H5N5O2. The number of hydrogen-bond acceptors (Lipinski definition) is 4. The summed E-state index contributed by atoms with van der Waals surface area (Å²) in [7, 11) is 0. The Labute approximate surface area is 72.1 Å². The van der Waals surface area contributed by atoms with E-state index < -0.39 is 5.97 Å². The number of carbonyl (C=O) groups is 1. The van der Waals surface area contributed by atoms with Gasteiger partial charge >= 0.3 is 5.97 Å². The lowest BCUT2D eigenvalue weighted by Crippen LogP contribution is -1.96. The maximum Gasteiger partial charge on any atom is 0.356 e. The van der Waals surface area contributed by atoms with Gasteiger partial charge in [0.25, 0.3) is 0 Å². The second-order valence-electron chi connectivity index (χ2n) is 2.28. The van der Waals surface area contributed by atoms with E-state index in [-0.39, 0.29) is 5.69 Å². The van der Waals surface area contributed by atoms with Gasteiger partial charge in [0.2, 0.25) is 5.95 Å². The molecule has 2 rings (SSSR count). The number of rotatable bonds is 2. The van der Waals surface area contributed by atoms with Crippen LogP contribution in [0.5, 0.6) is 0 Å². The summed E-state index contributed by atoms with van der Waals surface area (Å²) in [5.41, 5.74) is -0.0311. The van der Waals surface area contributed by atoms with Crippen LogP contribution in [0, 0.1) is 0 Å². The van der Waals surface area contributed by atoms with Crippen LogP contribution in [0.2, 0.25) is 0 Å². The lowest BCUT2D eigenvalue weighted by atomic mass is 10.5. The third kappa shape index (κ3) is 1.26. The summed E-state index contributed by atoms with van der Waals surface area (Å²) in [4.78, 5) is 17.9. The fourth-order valence-corrected chi connectivity index (χ4v) is 0.873. The number of aromatic carboxylic acids is 1. The number of carboxylic acids is 1. The number of aromatic nitrogens is 5. The number of imidazole rings is 1. The summed E-state index contributed by atoms with van der Waals surface area (Å²) in [6.07, 6.45) is 4.03. The molecule has 2 aromatic heterocycles. The molecule has 0 saturated carbocycles. The van der Waals surface area contributed by atoms with Crippen molar-refractivity contribution in [3.05, 3.63) is 24.5 Å². The zero-order valence-electron chi connectivity index (χ0n) is 6.38. The van der Waals surface area contributed by atoms with Crippen molar-refractivity contribution in [1.29, 1.82) is 0 Å². The summed E-state index contributed by atoms with van der Waals surface area (Å²) in [5, 5.41) is 14.8. The van der Waals surface area contributed by atoms with Crippen molar-refractivity contribution < 1.29 is 9.90 Å². The topological polar surface area (TPSA) is 96.7 Å². The molecule has 0 spiro atoms. The van der Waals surface area contributed by atoms with Gasteiger partial charge < -0.3 is 5.11 Å². The molecule has 0 saturated heterocycles. The molecule has 0 radical (unpaired) electrons. The molecule has 7 nitrogen and oxygen atoms in total. The number of nitrogens with zero attached hydrogens (tertiary/aromatic N) is 4. The molecule has 0 unspecified atom stereocenters. The summed E-state index contributed by atoms with van der Waals surface area (Å²) < 4.78 is 1.44. The smallest absolute Gasteiger partial charge is 0.356 e. The Kier molecular flexibility index (Phi) is 1.55. The number of H-pyrrole nitrogens is 1. The van der Waals surface area contributed by atoms with Crippen LogP contribution in [0.4, 0.5) is 0 Å². The monoisotopic (exact) mass is 179 g/mol. The summed E-state index contributed by atoms with van der Waals surface area (Å²) >= 11 is 0. The van der Waals surface area contributed by atoms with Gasteiger partial charge in [-0.25, -0.2) is 14.9 Å². The van der Waals surface area contributed by atoms with Gasteiger partial charge in [-0.15, -0.1) is 0 Å². The van der Waals surface area contributed by atoms with Crippen LogP contribution in [-0.2, 0) is 0 Å². The van der Waals surface area contributed by atoms with Crippen LogP contribution in [0.25, 0.3) is 5.95 Å². The first-order valence-corrected chi connectivity index (χ1v) is 3.40. The van der Waals surface area contributed by atoms with Crippen molar-refractivity contribution in [2.45, 2.75) is 0 Å². The molecular weight excluding hydrogens is 174 g/mol. The van der Waals surface area contributed by atoms with E-state index in [9.17, 15) is 4.79 Å². The van der Waals surface area contributed by atoms with Gasteiger partial charge in [-0.2, -0.15) is 10.1 Å². The Morgan fingerprint density at radius 3 is 2.92 bits per heavy atom. The van der Waals surface area contributed by atoms with Crippen LogP contribution >= 0.6 is 0 Å². The fourth-order valence-electron chi connectivity index (χ4n) is 0.873. The highest BCUT2D eigenvalue weighted by Crippen LogP contribution is 2.00. The van der Waals surface area contributed by atoms with E-state index in [1.54, 1.807) is 0 Å². The zero-order chi connectivity index (χ0) is 9.26. The highest BCUT2D eigenvalue weighted by molar-refractivity contribution is 5.85. The fraction of sp³-hybridized carbons (Fsp3) is 0. The lowest BCUT2D eigenvalue weighted by molar-refractivity contribution is 0.0691. The minimum Gasteiger partial charge on any atom is -0.476 e. The third-order valence-electron chi connectivity index (χ3n) is 1.45. The average Bonchev–Trinajstić information content (AvgIpc) is 2.75. The molecule has 0 aliphatic rings. The Bertz CT molecular complexity index is 418. The summed E-state index contributed by atoms with van der Waals surface area (Å²) in [5.74, 6) is -0.640. The number of carboxylic acid groups (broad SMARTS) is 1. The van der Waals surface area contributed by atoms with Crippen molar-refractivity contribution in [3.8, 4) is 5.95 Å². The standard InChI is InChI=1S/C6H5N5O2/c12-5(13)4-1-11(3-8-4)6-7-2-9-10-6/h1-3H,(H,12,13)(H,7,9,10). The first kappa shape index (κ1) is 7.47. The molecule has 0 atom stereocenters. The van der Waals surface area contributed by atoms with Gasteiger partial charge in [-0.05, 0) is 0 Å². The van der Waals surface area contributed by atoms with E-state index in [1.807, 2.05) is 0 Å². The molecule has 13 heavy (non-hydrogen) atoms. The Morgan fingerprint density at radius 1 is 1.54 bits per heavy atom. The van der Waals surface area contributed by atoms with Crippen LogP contribution in [-0.4, -0.2) is 35.8 Å². The lowest BCUT2D eigenvalue weighted by Gasteiger charge is -1.90. The van der Waals surface area contributed by atoms with Gasteiger partial charge in [-0.1, -0.05) is 0 Å². The van der Waals surface area contributed by atoms with E-state index in [0.29, 0.717) is 5.95 Å². The van der Waals surface area contributed by atoms with Crippen LogP contribution in [0.1, 0.15) is 10.5 Å². The molecule has 0 amide bonds. The van der Waals surface area contributed by atoms with Crippen molar-refractivity contribution >= 4 is 5.97 Å². The molecule has 0 fully saturated rings. The van der Waals surface area contributed by atoms with Crippen molar-refractivity contribution in [3.63, 3.8) is 0 Å². The summed E-state index contributed by atoms with van der Waals surface area (Å²) in [6.45, 7) is 0. The second-order valence-corrected chi connectivity index (χ2v) is 2.28. The Morgan fingerprint density at radius 2 is 2.38 bits per heavy atom. The number of hydrogen-bond donors (Lipinski definition) is 2. The van der Waals surface area contributed by atoms with Crippen molar-refractivity contribution in [2.24, 2.45) is 0 Å². The maximum atomic E-state index is 10.5. The molecule has 66 valence electrons. The average molecular weight is 179 g/mol. The number of aromatic amines is 1. The van der Waals surface area contributed by atoms with E-state index in [2.05, 4.69) is 20.2 Å². The zero-order valence-corrected chi connectivity index (χ0v) is 6.38. The molecule has 2 N–H and O–H groups in total. The van der Waals surface area contributed by atoms with Crippen molar-refractivity contribution in [1.82, 2.24) is 24.7 Å². The molecule has 0 bridgehead atoms. The predicted octanol–water partition coefficient (Wildman–Crippen LogP) is -0.311. The van der Waals surface area contributed by atoms with Crippen molar-refractivity contribution in [2.75, 3.05) is 0 Å². The van der Waals surface area contributed by atoms with Crippen LogP contribution in [0.15, 0.2) is 18.9 Å². The van der Waals surface area contributed by atoms with Crippen LogP contribution in [0.3, 0.4) is 0 Å². The molecule has 2 aromatic rings. The SMILES string of the molecule is O=C(O)c1cn(-c2ncn[nH]2)cn1. The maximum absolute atomic E-state index is 10.5. The predicted molar refractivity (Wildman–Crippen MR) is 40.5 cm³/mol. The Balaban J connectivity index is 2.39. The van der Waals surface area contributed by atoms with Gasteiger partial charge in [0.15, 0.2) is 5.69 Å². The summed E-state index contributed by atoms with van der Waals surface area (Å²) in [6, 6.07) is 0. The van der Waals surface area contributed by atoms with Gasteiger partial charge in [-0.3, -0.25) is 4.57 Å². The first-order valence-electron chi connectivity index (χ1n) is 3.40. The Hall–Kier alpha value is -2.18. The van der Waals surface area contributed by atoms with Gasteiger partial charge in [0.05, 0.1) is 0 Å². The third-order valence-corrected chi connectivity index (χ3v) is 1.45. The number of nitrogens with one attached hydrogen (secondary N) is 1. The normalized spacial score (nSPS) is 10.2. The van der Waals surface area contributed by atoms with E-state index in [0.717, 1.165) is 0 Å². The second kappa shape index (κ2) is 2.70. The molecule has 0 aromatic carbocycles. The van der Waals surface area contributed by atoms with Crippen LogP contribution < -0.4 is 0 Å². The van der Waals surface area contributed by atoms with E-state index >= 15 is 0 Å². The highest BCUT2D eigenvalue weighted by atomic mass is 16.4. The molecule has 0 aliphatic heterocycles.